The first-order chi connectivity index (χ1) is 14.3. The number of hydrogen-bond acceptors (Lipinski definition) is 2. The molecule has 0 radical (unpaired) electrons. The Hall–Kier alpha value is -2.10. The normalized spacial score (nSPS) is 18.0. The Morgan fingerprint density at radius 2 is 1.16 bits per heavy atom. The molecule has 1 aliphatic rings. The first-order valence-corrected chi connectivity index (χ1v) is 11.0. The molecule has 0 saturated heterocycles. The number of alkyl halides is 7. The first-order valence-electron chi connectivity index (χ1n) is 9.50. The van der Waals surface area contributed by atoms with Gasteiger partial charge in [0.2, 0.25) is 0 Å². The molecule has 0 unspecified atom stereocenters. The maximum absolute atomic E-state index is 14.3. The van der Waals surface area contributed by atoms with Crippen LogP contribution < -0.4 is 0 Å². The monoisotopic (exact) mass is 468 g/mol. The Balaban J connectivity index is 2.14. The fourth-order valence-corrected chi connectivity index (χ4v) is 6.39. The summed E-state index contributed by atoms with van der Waals surface area (Å²) in [7, 11) is -4.02. The van der Waals surface area contributed by atoms with E-state index >= 15 is 0 Å². The molecule has 1 fully saturated rings. The zero-order valence-corrected chi connectivity index (χ0v) is 16.9. The van der Waals surface area contributed by atoms with E-state index in [1.54, 1.807) is 6.07 Å². The van der Waals surface area contributed by atoms with Crippen LogP contribution in [0.3, 0.4) is 0 Å². The minimum Gasteiger partial charge on any atom is -0.223 e. The smallest absolute Gasteiger partial charge is 0.223 e. The average molecular weight is 468 g/mol. The van der Waals surface area contributed by atoms with Gasteiger partial charge in [-0.3, -0.25) is 0 Å². The molecule has 0 bridgehead atoms. The lowest BCUT2D eigenvalue weighted by Gasteiger charge is -2.38. The fraction of sp³-hybridized carbons (Fsp3) is 0.429. The van der Waals surface area contributed by atoms with Crippen LogP contribution in [0.25, 0.3) is 0 Å². The SMILES string of the molecule is O=S(=O)(c1ccccc1)C1(c2ccc(C(F)(C(F)(F)F)C(F)(F)F)cc2)CCCCC1. The molecule has 0 heterocycles. The van der Waals surface area contributed by atoms with Gasteiger partial charge < -0.3 is 0 Å². The van der Waals surface area contributed by atoms with Crippen LogP contribution in [0.1, 0.15) is 43.2 Å². The van der Waals surface area contributed by atoms with Crippen molar-refractivity contribution in [3.8, 4) is 0 Å². The van der Waals surface area contributed by atoms with Crippen LogP contribution in [-0.4, -0.2) is 20.8 Å². The van der Waals surface area contributed by atoms with Gasteiger partial charge >= 0.3 is 18.0 Å². The van der Waals surface area contributed by atoms with Gasteiger partial charge in [0.15, 0.2) is 9.84 Å². The summed E-state index contributed by atoms with van der Waals surface area (Å²) in [5.41, 5.74) is -7.15. The fourth-order valence-electron chi connectivity index (χ4n) is 4.15. The Morgan fingerprint density at radius 3 is 1.61 bits per heavy atom. The van der Waals surface area contributed by atoms with E-state index in [9.17, 15) is 39.2 Å². The molecule has 1 aliphatic carbocycles. The van der Waals surface area contributed by atoms with Gasteiger partial charge in [0.1, 0.15) is 4.75 Å². The number of sulfone groups is 1. The molecule has 0 N–H and O–H groups in total. The van der Waals surface area contributed by atoms with Crippen molar-refractivity contribution in [1.82, 2.24) is 0 Å². The topological polar surface area (TPSA) is 34.1 Å². The van der Waals surface area contributed by atoms with Gasteiger partial charge in [-0.2, -0.15) is 26.3 Å². The van der Waals surface area contributed by atoms with Crippen LogP contribution in [0.5, 0.6) is 0 Å². The summed E-state index contributed by atoms with van der Waals surface area (Å²) in [6.07, 6.45) is -10.4. The molecule has 1 saturated carbocycles. The zero-order chi connectivity index (χ0) is 23.1. The number of rotatable bonds is 4. The van der Waals surface area contributed by atoms with E-state index in [-0.39, 0.29) is 23.3 Å². The van der Waals surface area contributed by atoms with Gasteiger partial charge in [-0.05, 0) is 30.5 Å². The maximum atomic E-state index is 14.3. The van der Waals surface area contributed by atoms with Crippen molar-refractivity contribution in [2.24, 2.45) is 0 Å². The Morgan fingerprint density at radius 1 is 0.677 bits per heavy atom. The predicted octanol–water partition coefficient (Wildman–Crippen LogP) is 6.61. The number of hydrogen-bond donors (Lipinski definition) is 0. The molecule has 0 atom stereocenters. The van der Waals surface area contributed by atoms with Crippen molar-refractivity contribution in [3.63, 3.8) is 0 Å². The lowest BCUT2D eigenvalue weighted by atomic mass is 9.82. The van der Waals surface area contributed by atoms with Gasteiger partial charge in [-0.1, -0.05) is 61.7 Å². The second-order valence-electron chi connectivity index (χ2n) is 7.60. The van der Waals surface area contributed by atoms with Crippen LogP contribution in [0.2, 0.25) is 0 Å². The van der Waals surface area contributed by atoms with Crippen molar-refractivity contribution >= 4 is 9.84 Å². The van der Waals surface area contributed by atoms with E-state index in [0.717, 1.165) is 18.6 Å². The summed E-state index contributed by atoms with van der Waals surface area (Å²) >= 11 is 0. The van der Waals surface area contributed by atoms with Crippen LogP contribution >= 0.6 is 0 Å². The molecular weight excluding hydrogens is 449 g/mol. The maximum Gasteiger partial charge on any atom is 0.435 e. The van der Waals surface area contributed by atoms with Crippen LogP contribution in [0, 0.1) is 0 Å². The summed E-state index contributed by atoms with van der Waals surface area (Å²) in [6.45, 7) is 0. The summed E-state index contributed by atoms with van der Waals surface area (Å²) in [5.74, 6) is 0. The zero-order valence-electron chi connectivity index (χ0n) is 16.1. The van der Waals surface area contributed by atoms with E-state index in [4.69, 9.17) is 0 Å². The van der Waals surface area contributed by atoms with Crippen molar-refractivity contribution in [2.45, 2.75) is 59.8 Å². The molecule has 2 aromatic carbocycles. The molecule has 2 aromatic rings. The van der Waals surface area contributed by atoms with Crippen LogP contribution in [0.4, 0.5) is 30.7 Å². The van der Waals surface area contributed by atoms with Crippen molar-refractivity contribution in [3.05, 3.63) is 65.7 Å². The van der Waals surface area contributed by atoms with E-state index in [0.29, 0.717) is 25.0 Å². The molecule has 2 nitrogen and oxygen atoms in total. The second kappa shape index (κ2) is 7.79. The third-order valence-electron chi connectivity index (χ3n) is 5.82. The van der Waals surface area contributed by atoms with E-state index < -0.39 is 38.2 Å². The Kier molecular flexibility index (Phi) is 5.92. The lowest BCUT2D eigenvalue weighted by molar-refractivity contribution is -0.348. The highest BCUT2D eigenvalue weighted by molar-refractivity contribution is 7.92. The molecule has 0 aromatic heterocycles. The molecule has 31 heavy (non-hydrogen) atoms. The van der Waals surface area contributed by atoms with Crippen molar-refractivity contribution in [2.75, 3.05) is 0 Å². The van der Waals surface area contributed by atoms with Gasteiger partial charge in [-0.15, -0.1) is 0 Å². The minimum absolute atomic E-state index is 0.00592. The molecule has 0 spiro atoms. The molecule has 10 heteroatoms. The number of halogens is 7. The van der Waals surface area contributed by atoms with Gasteiger partial charge in [0, 0.05) is 5.56 Å². The standard InChI is InChI=1S/C21H19F7O2S/c22-19(20(23,24)25,21(26,27)28)16-11-9-15(10-12-16)18(13-5-2-6-14-18)31(29,30)17-7-3-1-4-8-17/h1,3-4,7-12H,2,5-6,13-14H2. The Bertz CT molecular complexity index is 990. The average Bonchev–Trinajstić information content (AvgIpc) is 2.72. The van der Waals surface area contributed by atoms with Crippen LogP contribution in [0.15, 0.2) is 59.5 Å². The summed E-state index contributed by atoms with van der Waals surface area (Å²) in [6, 6.07) is 9.95. The molecule has 0 amide bonds. The van der Waals surface area contributed by atoms with E-state index in [1.165, 1.54) is 24.3 Å². The summed E-state index contributed by atoms with van der Waals surface area (Å²) < 4.78 is 118. The van der Waals surface area contributed by atoms with E-state index in [1.807, 2.05) is 0 Å². The van der Waals surface area contributed by atoms with Crippen LogP contribution in [-0.2, 0) is 20.3 Å². The predicted molar refractivity (Wildman–Crippen MR) is 99.7 cm³/mol. The molecule has 3 rings (SSSR count). The molecule has 0 aliphatic heterocycles. The highest BCUT2D eigenvalue weighted by Crippen LogP contribution is 2.54. The quantitative estimate of drug-likeness (QED) is 0.474. The van der Waals surface area contributed by atoms with Gasteiger partial charge in [-0.25, -0.2) is 12.8 Å². The highest BCUT2D eigenvalue weighted by atomic mass is 32.2. The second-order valence-corrected chi connectivity index (χ2v) is 9.86. The van der Waals surface area contributed by atoms with Gasteiger partial charge in [0.25, 0.3) is 0 Å². The first kappa shape index (κ1) is 23.6. The summed E-state index contributed by atoms with van der Waals surface area (Å²) in [5, 5.41) is 0. The lowest BCUT2D eigenvalue weighted by Crippen LogP contribution is -2.50. The highest BCUT2D eigenvalue weighted by Gasteiger charge is 2.73. The van der Waals surface area contributed by atoms with Crippen molar-refractivity contribution in [1.29, 1.82) is 0 Å². The summed E-state index contributed by atoms with van der Waals surface area (Å²) in [4.78, 5) is 0.00592. The molecular formula is C21H19F7O2S. The third kappa shape index (κ3) is 3.72. The Labute approximate surface area is 175 Å². The van der Waals surface area contributed by atoms with Gasteiger partial charge in [0.05, 0.1) is 4.90 Å². The van der Waals surface area contributed by atoms with E-state index in [2.05, 4.69) is 0 Å². The molecule has 170 valence electrons. The van der Waals surface area contributed by atoms with Crippen molar-refractivity contribution < 1.29 is 39.2 Å². The largest absolute Gasteiger partial charge is 0.435 e. The minimum atomic E-state index is -6.23. The third-order valence-corrected chi connectivity index (χ3v) is 8.38. The number of benzene rings is 2.